The van der Waals surface area contributed by atoms with Gasteiger partial charge in [0.05, 0.1) is 0 Å². The smallest absolute Gasteiger partial charge is 0.135 e. The molecule has 0 aliphatic rings. The Morgan fingerprint density at radius 2 is 1.94 bits per heavy atom. The molecule has 2 N–H and O–H groups in total. The standard InChI is InChI=1S/C13H16N4S/c1-10-4-2-3-5-11(10)17-13-8-12(14-6-7-18)15-9-16-13/h2-5,8-9,18H,6-7H2,1H3,(H2,14,15,16,17). The minimum atomic E-state index is 0.768. The molecule has 0 aliphatic carbocycles. The first kappa shape index (κ1) is 12.7. The molecule has 0 bridgehead atoms. The fraction of sp³-hybridized carbons (Fsp3) is 0.231. The largest absolute Gasteiger partial charge is 0.369 e. The van der Waals surface area contributed by atoms with E-state index in [1.54, 1.807) is 6.33 Å². The molecule has 0 spiro atoms. The molecule has 5 heteroatoms. The van der Waals surface area contributed by atoms with Crippen LogP contribution in [0.1, 0.15) is 5.56 Å². The first-order valence-corrected chi connectivity index (χ1v) is 6.42. The van der Waals surface area contributed by atoms with Gasteiger partial charge in [0.25, 0.3) is 0 Å². The highest BCUT2D eigenvalue weighted by molar-refractivity contribution is 7.80. The maximum Gasteiger partial charge on any atom is 0.135 e. The molecule has 0 aliphatic heterocycles. The minimum Gasteiger partial charge on any atom is -0.369 e. The van der Waals surface area contributed by atoms with E-state index in [-0.39, 0.29) is 0 Å². The Labute approximate surface area is 112 Å². The first-order chi connectivity index (χ1) is 8.79. The molecule has 0 saturated heterocycles. The Morgan fingerprint density at radius 3 is 2.72 bits per heavy atom. The molecule has 2 rings (SSSR count). The van der Waals surface area contributed by atoms with Crippen molar-refractivity contribution in [1.29, 1.82) is 0 Å². The van der Waals surface area contributed by atoms with Gasteiger partial charge in [0.2, 0.25) is 0 Å². The van der Waals surface area contributed by atoms with Crippen LogP contribution in [0.3, 0.4) is 0 Å². The van der Waals surface area contributed by atoms with Crippen LogP contribution in [-0.4, -0.2) is 22.3 Å². The van der Waals surface area contributed by atoms with Crippen LogP contribution in [0, 0.1) is 6.92 Å². The van der Waals surface area contributed by atoms with Crippen LogP contribution < -0.4 is 10.6 Å². The van der Waals surface area contributed by atoms with E-state index in [4.69, 9.17) is 0 Å². The van der Waals surface area contributed by atoms with Gasteiger partial charge < -0.3 is 10.6 Å². The third kappa shape index (κ3) is 3.37. The van der Waals surface area contributed by atoms with E-state index in [2.05, 4.69) is 46.2 Å². The van der Waals surface area contributed by atoms with Crippen molar-refractivity contribution >= 4 is 30.0 Å². The number of aromatic nitrogens is 2. The second-order valence-corrected chi connectivity index (χ2v) is 4.33. The second kappa shape index (κ2) is 6.26. The number of nitrogens with zero attached hydrogens (tertiary/aromatic N) is 2. The van der Waals surface area contributed by atoms with Crippen molar-refractivity contribution in [3.8, 4) is 0 Å². The highest BCUT2D eigenvalue weighted by atomic mass is 32.1. The molecule has 1 heterocycles. The lowest BCUT2D eigenvalue weighted by Crippen LogP contribution is -2.05. The Morgan fingerprint density at radius 1 is 1.17 bits per heavy atom. The van der Waals surface area contributed by atoms with Gasteiger partial charge in [-0.05, 0) is 18.6 Å². The number of rotatable bonds is 5. The molecule has 1 aromatic heterocycles. The summed E-state index contributed by atoms with van der Waals surface area (Å²) in [6.07, 6.45) is 1.54. The van der Waals surface area contributed by atoms with Gasteiger partial charge in [0.15, 0.2) is 0 Å². The first-order valence-electron chi connectivity index (χ1n) is 5.79. The summed E-state index contributed by atoms with van der Waals surface area (Å²) in [6.45, 7) is 2.84. The maximum absolute atomic E-state index is 4.20. The quantitative estimate of drug-likeness (QED) is 0.724. The summed E-state index contributed by atoms with van der Waals surface area (Å²) in [5.41, 5.74) is 2.23. The highest BCUT2D eigenvalue weighted by Gasteiger charge is 2.00. The van der Waals surface area contributed by atoms with Gasteiger partial charge in [-0.2, -0.15) is 12.6 Å². The molecule has 0 atom stereocenters. The third-order valence-electron chi connectivity index (χ3n) is 2.49. The number of hydrogen-bond acceptors (Lipinski definition) is 5. The van der Waals surface area contributed by atoms with Gasteiger partial charge in [0, 0.05) is 24.1 Å². The van der Waals surface area contributed by atoms with Gasteiger partial charge in [-0.25, -0.2) is 9.97 Å². The van der Waals surface area contributed by atoms with E-state index < -0.39 is 0 Å². The summed E-state index contributed by atoms with van der Waals surface area (Å²) in [6, 6.07) is 9.98. The summed E-state index contributed by atoms with van der Waals surface area (Å²) in [5.74, 6) is 2.35. The van der Waals surface area contributed by atoms with Crippen LogP contribution in [0.4, 0.5) is 17.3 Å². The zero-order chi connectivity index (χ0) is 12.8. The van der Waals surface area contributed by atoms with Crippen LogP contribution >= 0.6 is 12.6 Å². The van der Waals surface area contributed by atoms with Crippen LogP contribution in [0.5, 0.6) is 0 Å². The number of thiol groups is 1. The van der Waals surface area contributed by atoms with E-state index in [9.17, 15) is 0 Å². The second-order valence-electron chi connectivity index (χ2n) is 3.88. The summed E-state index contributed by atoms with van der Waals surface area (Å²) >= 11 is 4.15. The average Bonchev–Trinajstić information content (AvgIpc) is 2.40. The lowest BCUT2D eigenvalue weighted by molar-refractivity contribution is 1.12. The Hall–Kier alpha value is -1.75. The SMILES string of the molecule is Cc1ccccc1Nc1cc(NCCS)ncn1. The number of nitrogens with one attached hydrogen (secondary N) is 2. The van der Waals surface area contributed by atoms with E-state index in [1.807, 2.05) is 24.3 Å². The van der Waals surface area contributed by atoms with Crippen molar-refractivity contribution in [3.63, 3.8) is 0 Å². The zero-order valence-corrected chi connectivity index (χ0v) is 11.1. The summed E-state index contributed by atoms with van der Waals surface area (Å²) in [7, 11) is 0. The number of para-hydroxylation sites is 1. The molecule has 94 valence electrons. The van der Waals surface area contributed by atoms with Crippen molar-refractivity contribution in [3.05, 3.63) is 42.2 Å². The Balaban J connectivity index is 2.12. The monoisotopic (exact) mass is 260 g/mol. The van der Waals surface area contributed by atoms with Gasteiger partial charge in [-0.15, -0.1) is 0 Å². The van der Waals surface area contributed by atoms with Crippen LogP contribution in [0.15, 0.2) is 36.7 Å². The van der Waals surface area contributed by atoms with Gasteiger partial charge in [-0.3, -0.25) is 0 Å². The van der Waals surface area contributed by atoms with Crippen molar-refractivity contribution in [2.45, 2.75) is 6.92 Å². The summed E-state index contributed by atoms with van der Waals surface area (Å²) < 4.78 is 0. The van der Waals surface area contributed by atoms with E-state index in [0.29, 0.717) is 0 Å². The fourth-order valence-corrected chi connectivity index (χ4v) is 1.67. The van der Waals surface area contributed by atoms with E-state index >= 15 is 0 Å². The molecule has 0 unspecified atom stereocenters. The zero-order valence-electron chi connectivity index (χ0n) is 10.2. The van der Waals surface area contributed by atoms with Crippen LogP contribution in [-0.2, 0) is 0 Å². The molecule has 18 heavy (non-hydrogen) atoms. The van der Waals surface area contributed by atoms with Crippen LogP contribution in [0.25, 0.3) is 0 Å². The minimum absolute atomic E-state index is 0.768. The fourth-order valence-electron chi connectivity index (χ4n) is 1.56. The van der Waals surface area contributed by atoms with Crippen molar-refractivity contribution < 1.29 is 0 Å². The highest BCUT2D eigenvalue weighted by Crippen LogP contribution is 2.19. The summed E-state index contributed by atoms with van der Waals surface area (Å²) in [5, 5.41) is 6.45. The summed E-state index contributed by atoms with van der Waals surface area (Å²) in [4.78, 5) is 8.35. The molecule has 0 amide bonds. The van der Waals surface area contributed by atoms with E-state index in [1.165, 1.54) is 5.56 Å². The van der Waals surface area contributed by atoms with Crippen molar-refractivity contribution in [1.82, 2.24) is 9.97 Å². The molecule has 0 fully saturated rings. The molecule has 2 aromatic rings. The lowest BCUT2D eigenvalue weighted by Gasteiger charge is -2.09. The molecule has 0 saturated carbocycles. The topological polar surface area (TPSA) is 49.8 Å². The number of benzene rings is 1. The lowest BCUT2D eigenvalue weighted by atomic mass is 10.2. The predicted molar refractivity (Wildman–Crippen MR) is 78.8 cm³/mol. The Kier molecular flexibility index (Phi) is 4.41. The molecular formula is C13H16N4S. The van der Waals surface area contributed by atoms with Gasteiger partial charge in [-0.1, -0.05) is 18.2 Å². The van der Waals surface area contributed by atoms with E-state index in [0.717, 1.165) is 29.6 Å². The normalized spacial score (nSPS) is 10.1. The van der Waals surface area contributed by atoms with Gasteiger partial charge in [0.1, 0.15) is 18.0 Å². The molecule has 0 radical (unpaired) electrons. The average molecular weight is 260 g/mol. The van der Waals surface area contributed by atoms with Gasteiger partial charge >= 0.3 is 0 Å². The van der Waals surface area contributed by atoms with Crippen LogP contribution in [0.2, 0.25) is 0 Å². The molecule has 1 aromatic carbocycles. The molecule has 4 nitrogen and oxygen atoms in total. The van der Waals surface area contributed by atoms with Crippen molar-refractivity contribution in [2.75, 3.05) is 22.9 Å². The molecular weight excluding hydrogens is 244 g/mol. The number of aryl methyl sites for hydroxylation is 1. The predicted octanol–water partition coefficient (Wildman–Crippen LogP) is 2.87. The van der Waals surface area contributed by atoms with Crippen molar-refractivity contribution in [2.24, 2.45) is 0 Å². The third-order valence-corrected chi connectivity index (χ3v) is 2.72. The number of hydrogen-bond donors (Lipinski definition) is 3. The Bertz CT molecular complexity index is 516. The number of anilines is 3. The maximum atomic E-state index is 4.20.